The molecule has 124 valence electrons. The Hall–Kier alpha value is -3.42. The van der Waals surface area contributed by atoms with E-state index in [9.17, 15) is 19.7 Å². The number of carbonyl (C=O) groups excluding carboxylic acids is 2. The molecule has 1 amide bonds. The summed E-state index contributed by atoms with van der Waals surface area (Å²) < 4.78 is 9.98. The van der Waals surface area contributed by atoms with Crippen LogP contribution in [-0.4, -0.2) is 23.9 Å². The minimum atomic E-state index is -1.29. The van der Waals surface area contributed by atoms with Crippen molar-refractivity contribution in [2.75, 3.05) is 7.11 Å². The van der Waals surface area contributed by atoms with Crippen LogP contribution >= 0.6 is 0 Å². The van der Waals surface area contributed by atoms with Crippen LogP contribution in [0.3, 0.4) is 0 Å². The fourth-order valence-corrected chi connectivity index (χ4v) is 2.05. The van der Waals surface area contributed by atoms with Gasteiger partial charge in [0, 0.05) is 11.6 Å². The van der Waals surface area contributed by atoms with Gasteiger partial charge >= 0.3 is 11.7 Å². The van der Waals surface area contributed by atoms with Crippen LogP contribution in [0, 0.1) is 10.1 Å². The number of esters is 1. The Bertz CT molecular complexity index is 775. The van der Waals surface area contributed by atoms with Crippen LogP contribution in [0.15, 0.2) is 48.5 Å². The standard InChI is InChI=1S/C16H14N2O6/c1-23-13-8-7-11(9-12(13)18(21)22)16(20)24-14(15(17)19)10-5-3-2-4-6-10/h2-9,14H,1H3,(H2,17,19). The van der Waals surface area contributed by atoms with Crippen molar-refractivity contribution in [3.8, 4) is 5.75 Å². The monoisotopic (exact) mass is 330 g/mol. The number of nitro groups is 1. The van der Waals surface area contributed by atoms with Crippen molar-refractivity contribution in [1.82, 2.24) is 0 Å². The SMILES string of the molecule is COc1ccc(C(=O)OC(C(N)=O)c2ccccc2)cc1[N+](=O)[O-]. The van der Waals surface area contributed by atoms with Gasteiger partial charge in [0.25, 0.3) is 5.91 Å². The number of carbonyl (C=O) groups is 2. The number of rotatable bonds is 6. The fourth-order valence-electron chi connectivity index (χ4n) is 2.05. The highest BCUT2D eigenvalue weighted by molar-refractivity contribution is 5.93. The minimum Gasteiger partial charge on any atom is -0.490 e. The zero-order valence-corrected chi connectivity index (χ0v) is 12.7. The number of primary amides is 1. The molecule has 1 atom stereocenters. The maximum Gasteiger partial charge on any atom is 0.339 e. The van der Waals surface area contributed by atoms with Gasteiger partial charge in [-0.25, -0.2) is 4.79 Å². The van der Waals surface area contributed by atoms with Crippen molar-refractivity contribution in [2.45, 2.75) is 6.10 Å². The van der Waals surface area contributed by atoms with E-state index in [0.717, 1.165) is 6.07 Å². The molecule has 2 aromatic rings. The van der Waals surface area contributed by atoms with Crippen molar-refractivity contribution in [3.63, 3.8) is 0 Å². The van der Waals surface area contributed by atoms with Crippen LogP contribution in [0.5, 0.6) is 5.75 Å². The van der Waals surface area contributed by atoms with Crippen LogP contribution in [0.4, 0.5) is 5.69 Å². The molecule has 24 heavy (non-hydrogen) atoms. The lowest BCUT2D eigenvalue weighted by Crippen LogP contribution is -2.26. The van der Waals surface area contributed by atoms with Gasteiger partial charge in [-0.15, -0.1) is 0 Å². The number of benzene rings is 2. The number of hydrogen-bond acceptors (Lipinski definition) is 6. The van der Waals surface area contributed by atoms with Gasteiger partial charge < -0.3 is 15.2 Å². The molecule has 0 saturated carbocycles. The number of ether oxygens (including phenoxy) is 2. The molecule has 0 aliphatic carbocycles. The summed E-state index contributed by atoms with van der Waals surface area (Å²) in [6.45, 7) is 0. The molecule has 2 rings (SSSR count). The first-order valence-electron chi connectivity index (χ1n) is 6.81. The molecular weight excluding hydrogens is 316 g/mol. The summed E-state index contributed by atoms with van der Waals surface area (Å²) in [4.78, 5) is 34.1. The predicted molar refractivity (Wildman–Crippen MR) is 83.4 cm³/mol. The molecule has 0 heterocycles. The average molecular weight is 330 g/mol. The summed E-state index contributed by atoms with van der Waals surface area (Å²) in [6, 6.07) is 11.8. The van der Waals surface area contributed by atoms with Gasteiger partial charge in [-0.3, -0.25) is 14.9 Å². The van der Waals surface area contributed by atoms with E-state index in [4.69, 9.17) is 15.2 Å². The second kappa shape index (κ2) is 7.23. The van der Waals surface area contributed by atoms with Gasteiger partial charge in [0.2, 0.25) is 6.10 Å². The summed E-state index contributed by atoms with van der Waals surface area (Å²) in [5.74, 6) is -1.75. The molecule has 1 unspecified atom stereocenters. The van der Waals surface area contributed by atoms with Crippen molar-refractivity contribution >= 4 is 17.6 Å². The van der Waals surface area contributed by atoms with Crippen LogP contribution in [-0.2, 0) is 9.53 Å². The first-order valence-corrected chi connectivity index (χ1v) is 6.81. The van der Waals surface area contributed by atoms with Crippen LogP contribution in [0.1, 0.15) is 22.0 Å². The number of hydrogen-bond donors (Lipinski definition) is 1. The number of methoxy groups -OCH3 is 1. The topological polar surface area (TPSA) is 122 Å². The molecule has 0 spiro atoms. The van der Waals surface area contributed by atoms with Crippen LogP contribution < -0.4 is 10.5 Å². The highest BCUT2D eigenvalue weighted by Gasteiger charge is 2.25. The second-order valence-corrected chi connectivity index (χ2v) is 4.74. The second-order valence-electron chi connectivity index (χ2n) is 4.74. The smallest absolute Gasteiger partial charge is 0.339 e. The molecule has 0 aliphatic rings. The number of nitrogens with zero attached hydrogens (tertiary/aromatic N) is 1. The van der Waals surface area contributed by atoms with E-state index in [1.807, 2.05) is 0 Å². The van der Waals surface area contributed by atoms with E-state index >= 15 is 0 Å². The largest absolute Gasteiger partial charge is 0.490 e. The lowest BCUT2D eigenvalue weighted by atomic mass is 10.1. The third-order valence-corrected chi connectivity index (χ3v) is 3.20. The van der Waals surface area contributed by atoms with Gasteiger partial charge in [0.1, 0.15) is 0 Å². The fraction of sp³-hybridized carbons (Fsp3) is 0.125. The van der Waals surface area contributed by atoms with Gasteiger partial charge in [-0.1, -0.05) is 30.3 Å². The minimum absolute atomic E-state index is 0.00561. The van der Waals surface area contributed by atoms with E-state index in [0.29, 0.717) is 5.56 Å². The highest BCUT2D eigenvalue weighted by atomic mass is 16.6. The summed E-state index contributed by atoms with van der Waals surface area (Å²) in [7, 11) is 1.28. The first-order chi connectivity index (χ1) is 11.4. The quantitative estimate of drug-likeness (QED) is 0.491. The number of amides is 1. The van der Waals surface area contributed by atoms with Crippen LogP contribution in [0.2, 0.25) is 0 Å². The summed E-state index contributed by atoms with van der Waals surface area (Å²) >= 11 is 0. The molecule has 0 fully saturated rings. The maximum absolute atomic E-state index is 12.2. The van der Waals surface area contributed by atoms with Crippen LogP contribution in [0.25, 0.3) is 0 Å². The van der Waals surface area contributed by atoms with Gasteiger partial charge in [0.05, 0.1) is 17.6 Å². The molecule has 8 nitrogen and oxygen atoms in total. The Morgan fingerprint density at radius 3 is 2.38 bits per heavy atom. The Morgan fingerprint density at radius 1 is 1.17 bits per heavy atom. The molecule has 8 heteroatoms. The molecule has 0 radical (unpaired) electrons. The van der Waals surface area contributed by atoms with E-state index < -0.39 is 22.9 Å². The summed E-state index contributed by atoms with van der Waals surface area (Å²) in [5, 5.41) is 11.0. The lowest BCUT2D eigenvalue weighted by Gasteiger charge is -2.15. The Kier molecular flexibility index (Phi) is 5.10. The normalized spacial score (nSPS) is 11.4. The zero-order chi connectivity index (χ0) is 17.7. The lowest BCUT2D eigenvalue weighted by molar-refractivity contribution is -0.385. The van der Waals surface area contributed by atoms with E-state index in [1.54, 1.807) is 30.3 Å². The number of nitro benzene ring substituents is 1. The van der Waals surface area contributed by atoms with Gasteiger partial charge in [0.15, 0.2) is 5.75 Å². The average Bonchev–Trinajstić information content (AvgIpc) is 2.59. The van der Waals surface area contributed by atoms with E-state index in [2.05, 4.69) is 0 Å². The Morgan fingerprint density at radius 2 is 1.83 bits per heavy atom. The van der Waals surface area contributed by atoms with E-state index in [1.165, 1.54) is 19.2 Å². The van der Waals surface area contributed by atoms with Crippen molar-refractivity contribution in [2.24, 2.45) is 5.73 Å². The van der Waals surface area contributed by atoms with E-state index in [-0.39, 0.29) is 17.0 Å². The molecule has 2 aromatic carbocycles. The van der Waals surface area contributed by atoms with Crippen molar-refractivity contribution in [3.05, 3.63) is 69.8 Å². The summed E-state index contributed by atoms with van der Waals surface area (Å²) in [6.07, 6.45) is -1.29. The highest BCUT2D eigenvalue weighted by Crippen LogP contribution is 2.28. The zero-order valence-electron chi connectivity index (χ0n) is 12.7. The summed E-state index contributed by atoms with van der Waals surface area (Å²) in [5.41, 5.74) is 5.20. The molecular formula is C16H14N2O6. The van der Waals surface area contributed by atoms with Crippen molar-refractivity contribution in [1.29, 1.82) is 0 Å². The molecule has 2 N–H and O–H groups in total. The maximum atomic E-state index is 12.2. The Labute approximate surface area is 136 Å². The molecule has 0 bridgehead atoms. The van der Waals surface area contributed by atoms with Gasteiger partial charge in [-0.2, -0.15) is 0 Å². The molecule has 0 saturated heterocycles. The van der Waals surface area contributed by atoms with Crippen molar-refractivity contribution < 1.29 is 24.0 Å². The predicted octanol–water partition coefficient (Wildman–Crippen LogP) is 1.99. The Balaban J connectivity index is 2.29. The number of nitrogens with two attached hydrogens (primary N) is 1. The third-order valence-electron chi connectivity index (χ3n) is 3.20. The third kappa shape index (κ3) is 3.67. The first kappa shape index (κ1) is 16.9. The van der Waals surface area contributed by atoms with Gasteiger partial charge in [-0.05, 0) is 12.1 Å². The molecule has 0 aromatic heterocycles. The molecule has 0 aliphatic heterocycles.